The number of amides is 3. The molecular weight excluding hydrogens is 292 g/mol. The van der Waals surface area contributed by atoms with Gasteiger partial charge in [-0.2, -0.15) is 0 Å². The minimum atomic E-state index is -1.60. The summed E-state index contributed by atoms with van der Waals surface area (Å²) in [5, 5.41) is 29.7. The molecule has 8 heteroatoms. The average Bonchev–Trinajstić information content (AvgIpc) is 2.78. The molecule has 0 bridgehead atoms. The highest BCUT2D eigenvalue weighted by molar-refractivity contribution is 6.22. The SMILES string of the molecule is O=C(CN1C(=O)c2ccccc2C1=O)NC(CO)(CO)CO. The lowest BCUT2D eigenvalue weighted by Gasteiger charge is -2.29. The van der Waals surface area contributed by atoms with Crippen LogP contribution in [0.5, 0.6) is 0 Å². The first kappa shape index (κ1) is 16.1. The molecule has 1 aliphatic heterocycles. The molecule has 0 spiro atoms. The summed E-state index contributed by atoms with van der Waals surface area (Å²) >= 11 is 0. The van der Waals surface area contributed by atoms with Crippen molar-refractivity contribution in [1.29, 1.82) is 0 Å². The van der Waals surface area contributed by atoms with Crippen molar-refractivity contribution >= 4 is 17.7 Å². The Morgan fingerprint density at radius 3 is 1.86 bits per heavy atom. The number of hydrogen-bond donors (Lipinski definition) is 4. The molecule has 0 radical (unpaired) electrons. The first-order valence-corrected chi connectivity index (χ1v) is 6.57. The van der Waals surface area contributed by atoms with Gasteiger partial charge in [-0.15, -0.1) is 0 Å². The number of aliphatic hydroxyl groups excluding tert-OH is 3. The summed E-state index contributed by atoms with van der Waals surface area (Å²) < 4.78 is 0. The van der Waals surface area contributed by atoms with Gasteiger partial charge in [0.05, 0.1) is 30.9 Å². The molecular formula is C14H16N2O6. The Balaban J connectivity index is 2.11. The van der Waals surface area contributed by atoms with Crippen molar-refractivity contribution in [2.75, 3.05) is 26.4 Å². The molecule has 3 amide bonds. The lowest BCUT2D eigenvalue weighted by molar-refractivity contribution is -0.125. The number of aliphatic hydroxyl groups is 3. The van der Waals surface area contributed by atoms with Crippen LogP contribution in [0.25, 0.3) is 0 Å². The first-order valence-electron chi connectivity index (χ1n) is 6.57. The highest BCUT2D eigenvalue weighted by Crippen LogP contribution is 2.22. The van der Waals surface area contributed by atoms with E-state index in [1.165, 1.54) is 12.1 Å². The summed E-state index contributed by atoms with van der Waals surface area (Å²) in [7, 11) is 0. The maximum absolute atomic E-state index is 12.1. The van der Waals surface area contributed by atoms with Crippen LogP contribution in [0.3, 0.4) is 0 Å². The largest absolute Gasteiger partial charge is 0.394 e. The summed E-state index contributed by atoms with van der Waals surface area (Å²) in [6, 6.07) is 6.21. The van der Waals surface area contributed by atoms with E-state index in [9.17, 15) is 14.4 Å². The molecule has 0 fully saturated rings. The van der Waals surface area contributed by atoms with E-state index in [2.05, 4.69) is 5.32 Å². The summed E-state index contributed by atoms with van der Waals surface area (Å²) in [4.78, 5) is 36.9. The molecule has 22 heavy (non-hydrogen) atoms. The topological polar surface area (TPSA) is 127 Å². The first-order chi connectivity index (χ1) is 10.5. The number of nitrogens with one attached hydrogen (secondary N) is 1. The van der Waals surface area contributed by atoms with E-state index in [-0.39, 0.29) is 11.1 Å². The van der Waals surface area contributed by atoms with Gasteiger partial charge in [0, 0.05) is 0 Å². The molecule has 4 N–H and O–H groups in total. The van der Waals surface area contributed by atoms with Crippen LogP contribution in [-0.4, -0.2) is 69.8 Å². The summed E-state index contributed by atoms with van der Waals surface area (Å²) in [5.74, 6) is -1.94. The number of rotatable bonds is 6. The van der Waals surface area contributed by atoms with Crippen LogP contribution in [-0.2, 0) is 4.79 Å². The van der Waals surface area contributed by atoms with Crippen LogP contribution < -0.4 is 5.32 Å². The summed E-state index contributed by atoms with van der Waals surface area (Å²) in [6.45, 7) is -2.62. The quantitative estimate of drug-likeness (QED) is 0.455. The fourth-order valence-corrected chi connectivity index (χ4v) is 2.13. The van der Waals surface area contributed by atoms with E-state index in [1.807, 2.05) is 0 Å². The van der Waals surface area contributed by atoms with E-state index in [4.69, 9.17) is 15.3 Å². The minimum Gasteiger partial charge on any atom is -0.394 e. The number of carbonyl (C=O) groups excluding carboxylic acids is 3. The maximum atomic E-state index is 12.1. The van der Waals surface area contributed by atoms with Crippen LogP contribution in [0.4, 0.5) is 0 Å². The maximum Gasteiger partial charge on any atom is 0.262 e. The van der Waals surface area contributed by atoms with Crippen molar-refractivity contribution in [1.82, 2.24) is 10.2 Å². The third-order valence-corrected chi connectivity index (χ3v) is 3.49. The van der Waals surface area contributed by atoms with Gasteiger partial charge < -0.3 is 20.6 Å². The molecule has 1 aromatic rings. The predicted molar refractivity (Wildman–Crippen MR) is 73.9 cm³/mol. The van der Waals surface area contributed by atoms with Gasteiger partial charge >= 0.3 is 0 Å². The smallest absolute Gasteiger partial charge is 0.262 e. The molecule has 0 aromatic heterocycles. The second-order valence-electron chi connectivity index (χ2n) is 5.04. The predicted octanol–water partition coefficient (Wildman–Crippen LogP) is -1.89. The van der Waals surface area contributed by atoms with Crippen molar-refractivity contribution in [2.24, 2.45) is 0 Å². The fraction of sp³-hybridized carbons (Fsp3) is 0.357. The molecule has 0 unspecified atom stereocenters. The normalized spacial score (nSPS) is 14.2. The molecule has 8 nitrogen and oxygen atoms in total. The van der Waals surface area contributed by atoms with E-state index < -0.39 is 49.6 Å². The zero-order valence-corrected chi connectivity index (χ0v) is 11.7. The Labute approximate surface area is 126 Å². The molecule has 2 rings (SSSR count). The van der Waals surface area contributed by atoms with Gasteiger partial charge in [0.15, 0.2) is 0 Å². The van der Waals surface area contributed by atoms with Gasteiger partial charge in [-0.1, -0.05) is 12.1 Å². The van der Waals surface area contributed by atoms with Gasteiger partial charge in [0.1, 0.15) is 12.1 Å². The van der Waals surface area contributed by atoms with Crippen molar-refractivity contribution in [3.05, 3.63) is 35.4 Å². The standard InChI is InChI=1S/C14H16N2O6/c17-6-14(7-18,8-19)15-11(20)5-16-12(21)9-3-1-2-4-10(9)13(16)22/h1-4,17-19H,5-8H2,(H,15,20). The molecule has 1 heterocycles. The van der Waals surface area contributed by atoms with Gasteiger partial charge in [-0.05, 0) is 12.1 Å². The highest BCUT2D eigenvalue weighted by atomic mass is 16.3. The minimum absolute atomic E-state index is 0.220. The second kappa shape index (κ2) is 6.22. The Morgan fingerprint density at radius 1 is 1.00 bits per heavy atom. The molecule has 0 saturated carbocycles. The Kier molecular flexibility index (Phi) is 4.55. The summed E-state index contributed by atoms with van der Waals surface area (Å²) in [5.41, 5.74) is -1.16. The lowest BCUT2D eigenvalue weighted by Crippen LogP contribution is -2.59. The number of carbonyl (C=O) groups is 3. The Hall–Kier alpha value is -2.29. The second-order valence-corrected chi connectivity index (χ2v) is 5.04. The lowest BCUT2D eigenvalue weighted by atomic mass is 10.0. The molecule has 0 aliphatic carbocycles. The van der Waals surface area contributed by atoms with Crippen molar-refractivity contribution < 1.29 is 29.7 Å². The third-order valence-electron chi connectivity index (χ3n) is 3.49. The van der Waals surface area contributed by atoms with Crippen molar-refractivity contribution in [2.45, 2.75) is 5.54 Å². The number of benzene rings is 1. The third kappa shape index (κ3) is 2.71. The fourth-order valence-electron chi connectivity index (χ4n) is 2.13. The zero-order valence-electron chi connectivity index (χ0n) is 11.7. The van der Waals surface area contributed by atoms with Crippen LogP contribution in [0.1, 0.15) is 20.7 Å². The van der Waals surface area contributed by atoms with Crippen LogP contribution in [0.15, 0.2) is 24.3 Å². The molecule has 0 atom stereocenters. The monoisotopic (exact) mass is 308 g/mol. The van der Waals surface area contributed by atoms with Gasteiger partial charge in [0.2, 0.25) is 5.91 Å². The van der Waals surface area contributed by atoms with Gasteiger partial charge in [-0.25, -0.2) is 0 Å². The number of nitrogens with zero attached hydrogens (tertiary/aromatic N) is 1. The average molecular weight is 308 g/mol. The van der Waals surface area contributed by atoms with Crippen molar-refractivity contribution in [3.63, 3.8) is 0 Å². The van der Waals surface area contributed by atoms with Crippen LogP contribution in [0.2, 0.25) is 0 Å². The number of imide groups is 1. The van der Waals surface area contributed by atoms with E-state index in [0.29, 0.717) is 0 Å². The van der Waals surface area contributed by atoms with E-state index in [1.54, 1.807) is 12.1 Å². The van der Waals surface area contributed by atoms with E-state index in [0.717, 1.165) is 4.90 Å². The zero-order chi connectivity index (χ0) is 16.3. The van der Waals surface area contributed by atoms with E-state index >= 15 is 0 Å². The van der Waals surface area contributed by atoms with Crippen molar-refractivity contribution in [3.8, 4) is 0 Å². The van der Waals surface area contributed by atoms with Gasteiger partial charge in [-0.3, -0.25) is 19.3 Å². The summed E-state index contributed by atoms with van der Waals surface area (Å²) in [6.07, 6.45) is 0. The molecule has 0 saturated heterocycles. The molecule has 1 aliphatic rings. The van der Waals surface area contributed by atoms with Crippen LogP contribution >= 0.6 is 0 Å². The highest BCUT2D eigenvalue weighted by Gasteiger charge is 2.38. The molecule has 118 valence electrons. The van der Waals surface area contributed by atoms with Crippen LogP contribution in [0, 0.1) is 0 Å². The molecule has 1 aromatic carbocycles. The number of fused-ring (bicyclic) bond motifs is 1. The number of hydrogen-bond acceptors (Lipinski definition) is 6. The Morgan fingerprint density at radius 2 is 1.45 bits per heavy atom. The Bertz CT molecular complexity index is 568. The van der Waals surface area contributed by atoms with Gasteiger partial charge in [0.25, 0.3) is 11.8 Å².